The predicted octanol–water partition coefficient (Wildman–Crippen LogP) is 4.04. The molecule has 4 heteroatoms. The highest BCUT2D eigenvalue weighted by molar-refractivity contribution is 5.81. The van der Waals surface area contributed by atoms with Crippen LogP contribution in [0.5, 0.6) is 5.75 Å². The van der Waals surface area contributed by atoms with Crippen molar-refractivity contribution < 1.29 is 13.9 Å². The normalized spacial score (nSPS) is 11.8. The van der Waals surface area contributed by atoms with Gasteiger partial charge in [-0.15, -0.1) is 0 Å². The summed E-state index contributed by atoms with van der Waals surface area (Å²) in [6.07, 6.45) is 1.57. The van der Waals surface area contributed by atoms with Crippen molar-refractivity contribution in [2.45, 2.75) is 39.2 Å². The minimum atomic E-state index is -0.680. The third-order valence-corrected chi connectivity index (χ3v) is 3.79. The lowest BCUT2D eigenvalue weighted by Gasteiger charge is -2.17. The van der Waals surface area contributed by atoms with E-state index in [0.717, 1.165) is 12.8 Å². The molecule has 3 nitrogen and oxygen atoms in total. The second kappa shape index (κ2) is 9.06. The van der Waals surface area contributed by atoms with E-state index in [1.165, 1.54) is 23.3 Å². The molecule has 1 atom stereocenters. The number of rotatable bonds is 8. The zero-order valence-electron chi connectivity index (χ0n) is 14.2. The van der Waals surface area contributed by atoms with Crippen LogP contribution in [0.25, 0.3) is 0 Å². The average molecular weight is 329 g/mol. The van der Waals surface area contributed by atoms with Gasteiger partial charge < -0.3 is 10.1 Å². The van der Waals surface area contributed by atoms with Crippen LogP contribution in [0, 0.1) is 12.7 Å². The van der Waals surface area contributed by atoms with E-state index in [0.29, 0.717) is 13.0 Å². The van der Waals surface area contributed by atoms with Crippen molar-refractivity contribution in [1.29, 1.82) is 0 Å². The molecule has 0 bridgehead atoms. The molecule has 0 aromatic heterocycles. The van der Waals surface area contributed by atoms with Gasteiger partial charge in [-0.05, 0) is 43.9 Å². The summed E-state index contributed by atoms with van der Waals surface area (Å²) in [4.78, 5) is 12.2. The van der Waals surface area contributed by atoms with E-state index in [1.54, 1.807) is 12.1 Å². The molecule has 128 valence electrons. The summed E-state index contributed by atoms with van der Waals surface area (Å²) >= 11 is 0. The Labute approximate surface area is 142 Å². The van der Waals surface area contributed by atoms with Crippen LogP contribution in [0.3, 0.4) is 0 Å². The zero-order valence-corrected chi connectivity index (χ0v) is 14.2. The first-order chi connectivity index (χ1) is 11.6. The van der Waals surface area contributed by atoms with Crippen molar-refractivity contribution in [2.24, 2.45) is 0 Å². The number of para-hydroxylation sites is 1. The Balaban J connectivity index is 1.78. The number of halogens is 1. The molecule has 1 N–H and O–H groups in total. The van der Waals surface area contributed by atoms with Crippen LogP contribution in [0.4, 0.5) is 4.39 Å². The number of amides is 1. The zero-order chi connectivity index (χ0) is 17.4. The smallest absolute Gasteiger partial charge is 0.261 e. The predicted molar refractivity (Wildman–Crippen MR) is 93.6 cm³/mol. The molecule has 0 aliphatic rings. The van der Waals surface area contributed by atoms with E-state index in [4.69, 9.17) is 4.74 Å². The Kier molecular flexibility index (Phi) is 6.79. The van der Waals surface area contributed by atoms with Crippen LogP contribution in [-0.4, -0.2) is 18.6 Å². The Morgan fingerprint density at radius 2 is 2.00 bits per heavy atom. The van der Waals surface area contributed by atoms with Crippen LogP contribution < -0.4 is 10.1 Å². The largest absolute Gasteiger partial charge is 0.478 e. The van der Waals surface area contributed by atoms with E-state index in [9.17, 15) is 9.18 Å². The number of hydrogen-bond donors (Lipinski definition) is 1. The lowest BCUT2D eigenvalue weighted by atomic mass is 10.1. The van der Waals surface area contributed by atoms with Crippen molar-refractivity contribution in [2.75, 3.05) is 6.54 Å². The van der Waals surface area contributed by atoms with Gasteiger partial charge in [0.2, 0.25) is 0 Å². The molecule has 0 spiro atoms. The average Bonchev–Trinajstić information content (AvgIpc) is 2.58. The molecular weight excluding hydrogens is 305 g/mol. The molecule has 2 aromatic rings. The fourth-order valence-corrected chi connectivity index (χ4v) is 2.50. The first-order valence-electron chi connectivity index (χ1n) is 8.34. The van der Waals surface area contributed by atoms with Gasteiger partial charge in [0, 0.05) is 6.54 Å². The monoisotopic (exact) mass is 329 g/mol. The molecule has 2 rings (SSSR count). The Morgan fingerprint density at radius 1 is 1.21 bits per heavy atom. The van der Waals surface area contributed by atoms with Gasteiger partial charge in [0.25, 0.3) is 5.91 Å². The third-order valence-electron chi connectivity index (χ3n) is 3.79. The molecule has 0 unspecified atom stereocenters. The fraction of sp³-hybridized carbons (Fsp3) is 0.350. The van der Waals surface area contributed by atoms with Crippen LogP contribution in [0.15, 0.2) is 48.5 Å². The second-order valence-electron chi connectivity index (χ2n) is 5.83. The lowest BCUT2D eigenvalue weighted by molar-refractivity contribution is -0.128. The number of carbonyl (C=O) groups is 1. The molecular formula is C20H24FNO2. The van der Waals surface area contributed by atoms with Crippen LogP contribution in [0.2, 0.25) is 0 Å². The van der Waals surface area contributed by atoms with Crippen molar-refractivity contribution in [3.8, 4) is 5.75 Å². The van der Waals surface area contributed by atoms with Crippen molar-refractivity contribution >= 4 is 5.91 Å². The topological polar surface area (TPSA) is 38.3 Å². The molecule has 0 radical (unpaired) electrons. The Bertz CT molecular complexity index is 672. The van der Waals surface area contributed by atoms with Gasteiger partial charge in [-0.25, -0.2) is 4.39 Å². The molecule has 0 fully saturated rings. The maximum Gasteiger partial charge on any atom is 0.261 e. The standard InChI is InChI=1S/C20H24FNO2/c1-3-18(24-19-12-5-4-11-17(19)21)20(23)22-13-7-10-16-9-6-8-15(2)14-16/h4-6,8-9,11-12,14,18H,3,7,10,13H2,1-2H3,(H,22,23)/t18-/m0/s1. The summed E-state index contributed by atoms with van der Waals surface area (Å²) in [5.74, 6) is -0.549. The second-order valence-corrected chi connectivity index (χ2v) is 5.83. The van der Waals surface area contributed by atoms with E-state index >= 15 is 0 Å². The molecule has 1 amide bonds. The summed E-state index contributed by atoms with van der Waals surface area (Å²) < 4.78 is 19.1. The summed E-state index contributed by atoms with van der Waals surface area (Å²) in [7, 11) is 0. The highest BCUT2D eigenvalue weighted by atomic mass is 19.1. The van der Waals surface area contributed by atoms with Gasteiger partial charge in [-0.2, -0.15) is 0 Å². The molecule has 2 aromatic carbocycles. The maximum absolute atomic E-state index is 13.6. The van der Waals surface area contributed by atoms with Crippen molar-refractivity contribution in [3.63, 3.8) is 0 Å². The maximum atomic E-state index is 13.6. The number of aryl methyl sites for hydroxylation is 2. The minimum absolute atomic E-state index is 0.110. The lowest BCUT2D eigenvalue weighted by Crippen LogP contribution is -2.38. The summed E-state index contributed by atoms with van der Waals surface area (Å²) in [6, 6.07) is 14.5. The van der Waals surface area contributed by atoms with Gasteiger partial charge in [0.05, 0.1) is 0 Å². The summed E-state index contributed by atoms with van der Waals surface area (Å²) in [5, 5.41) is 2.87. The van der Waals surface area contributed by atoms with Crippen LogP contribution >= 0.6 is 0 Å². The Hall–Kier alpha value is -2.36. The first kappa shape index (κ1) is 18.0. The fourth-order valence-electron chi connectivity index (χ4n) is 2.50. The van der Waals surface area contributed by atoms with Gasteiger partial charge in [-0.1, -0.05) is 48.9 Å². The highest BCUT2D eigenvalue weighted by Gasteiger charge is 2.19. The van der Waals surface area contributed by atoms with Gasteiger partial charge in [-0.3, -0.25) is 4.79 Å². The van der Waals surface area contributed by atoms with E-state index in [1.807, 2.05) is 13.0 Å². The molecule has 0 aliphatic carbocycles. The summed E-state index contributed by atoms with van der Waals surface area (Å²) in [5.41, 5.74) is 2.50. The third kappa shape index (κ3) is 5.37. The molecule has 0 saturated heterocycles. The van der Waals surface area contributed by atoms with Crippen molar-refractivity contribution in [1.82, 2.24) is 5.32 Å². The molecule has 0 heterocycles. The van der Waals surface area contributed by atoms with E-state index in [-0.39, 0.29) is 11.7 Å². The van der Waals surface area contributed by atoms with Crippen LogP contribution in [0.1, 0.15) is 30.9 Å². The highest BCUT2D eigenvalue weighted by Crippen LogP contribution is 2.18. The first-order valence-corrected chi connectivity index (χ1v) is 8.34. The van der Waals surface area contributed by atoms with Crippen molar-refractivity contribution in [3.05, 3.63) is 65.5 Å². The number of carbonyl (C=O) groups excluding carboxylic acids is 1. The minimum Gasteiger partial charge on any atom is -0.478 e. The van der Waals surface area contributed by atoms with Gasteiger partial charge >= 0.3 is 0 Å². The molecule has 24 heavy (non-hydrogen) atoms. The summed E-state index contributed by atoms with van der Waals surface area (Å²) in [6.45, 7) is 4.49. The Morgan fingerprint density at radius 3 is 2.71 bits per heavy atom. The van der Waals surface area contributed by atoms with Crippen LogP contribution in [-0.2, 0) is 11.2 Å². The number of hydrogen-bond acceptors (Lipinski definition) is 2. The van der Waals surface area contributed by atoms with E-state index < -0.39 is 11.9 Å². The molecule has 0 aliphatic heterocycles. The molecule has 0 saturated carbocycles. The van der Waals surface area contributed by atoms with E-state index in [2.05, 4.69) is 30.4 Å². The van der Waals surface area contributed by atoms with Gasteiger partial charge in [0.1, 0.15) is 0 Å². The van der Waals surface area contributed by atoms with Gasteiger partial charge in [0.15, 0.2) is 17.7 Å². The number of nitrogens with one attached hydrogen (secondary N) is 1. The quantitative estimate of drug-likeness (QED) is 0.742. The number of benzene rings is 2. The SMILES string of the molecule is CC[C@H](Oc1ccccc1F)C(=O)NCCCc1cccc(C)c1. The number of ether oxygens (including phenoxy) is 1.